The Hall–Kier alpha value is -3.02. The number of hydrogen-bond donors (Lipinski definition) is 0. The van der Waals surface area contributed by atoms with E-state index >= 15 is 0 Å². The van der Waals surface area contributed by atoms with Gasteiger partial charge in [-0.15, -0.1) is 0 Å². The molecule has 152 valence electrons. The SMILES string of the molecule is CCOC(=O)c1cn2c(cc1=O)-c1oc3c(OC)cccc3c1C[C@H]2C(C)(C)C. The highest BCUT2D eigenvalue weighted by molar-refractivity contribution is 5.93. The number of fused-ring (bicyclic) bond motifs is 5. The summed E-state index contributed by atoms with van der Waals surface area (Å²) in [6, 6.07) is 7.33. The van der Waals surface area contributed by atoms with E-state index in [0.717, 1.165) is 17.4 Å². The average molecular weight is 395 g/mol. The van der Waals surface area contributed by atoms with Crippen LogP contribution < -0.4 is 10.2 Å². The van der Waals surface area contributed by atoms with Crippen LogP contribution in [0.15, 0.2) is 39.7 Å². The van der Waals surface area contributed by atoms with Crippen LogP contribution in [0, 0.1) is 5.41 Å². The van der Waals surface area contributed by atoms with Gasteiger partial charge in [0.2, 0.25) is 0 Å². The second-order valence-electron chi connectivity index (χ2n) is 8.40. The van der Waals surface area contributed by atoms with Crippen LogP contribution >= 0.6 is 0 Å². The minimum atomic E-state index is -0.600. The number of furan rings is 1. The quantitative estimate of drug-likeness (QED) is 0.607. The summed E-state index contributed by atoms with van der Waals surface area (Å²) >= 11 is 0. The highest BCUT2D eigenvalue weighted by Crippen LogP contribution is 2.47. The van der Waals surface area contributed by atoms with Gasteiger partial charge < -0.3 is 18.5 Å². The van der Waals surface area contributed by atoms with Crippen LogP contribution in [0.4, 0.5) is 0 Å². The van der Waals surface area contributed by atoms with Crippen molar-refractivity contribution in [3.63, 3.8) is 0 Å². The zero-order valence-electron chi connectivity index (χ0n) is 17.4. The molecule has 0 amide bonds. The second-order valence-corrected chi connectivity index (χ2v) is 8.40. The van der Waals surface area contributed by atoms with E-state index in [4.69, 9.17) is 13.9 Å². The van der Waals surface area contributed by atoms with Crippen molar-refractivity contribution in [3.8, 4) is 17.2 Å². The van der Waals surface area contributed by atoms with Gasteiger partial charge in [0, 0.05) is 29.3 Å². The minimum Gasteiger partial charge on any atom is -0.493 e. The minimum absolute atomic E-state index is 0.0331. The summed E-state index contributed by atoms with van der Waals surface area (Å²) < 4.78 is 18.7. The number of aromatic nitrogens is 1. The maximum absolute atomic E-state index is 12.7. The van der Waals surface area contributed by atoms with E-state index in [1.165, 1.54) is 6.07 Å². The predicted octanol–water partition coefficient (Wildman–Crippen LogP) is 4.59. The topological polar surface area (TPSA) is 70.7 Å². The van der Waals surface area contributed by atoms with Crippen molar-refractivity contribution in [2.45, 2.75) is 40.2 Å². The highest BCUT2D eigenvalue weighted by Gasteiger charge is 2.36. The van der Waals surface area contributed by atoms with Gasteiger partial charge in [0.15, 0.2) is 22.5 Å². The van der Waals surface area contributed by atoms with Crippen LogP contribution in [0.3, 0.4) is 0 Å². The molecule has 0 aliphatic carbocycles. The lowest BCUT2D eigenvalue weighted by Crippen LogP contribution is -2.32. The molecule has 1 aliphatic heterocycles. The molecule has 6 heteroatoms. The van der Waals surface area contributed by atoms with Gasteiger partial charge in [-0.25, -0.2) is 4.79 Å². The fourth-order valence-electron chi connectivity index (χ4n) is 4.08. The first-order valence-corrected chi connectivity index (χ1v) is 9.78. The molecule has 6 nitrogen and oxygen atoms in total. The lowest BCUT2D eigenvalue weighted by atomic mass is 9.80. The molecule has 0 bridgehead atoms. The zero-order valence-corrected chi connectivity index (χ0v) is 17.4. The summed E-state index contributed by atoms with van der Waals surface area (Å²) in [5.74, 6) is 0.705. The number of rotatable bonds is 3. The molecular weight excluding hydrogens is 370 g/mol. The van der Waals surface area contributed by atoms with Gasteiger partial charge in [-0.3, -0.25) is 4.79 Å². The van der Waals surface area contributed by atoms with Crippen LogP contribution in [0.25, 0.3) is 22.4 Å². The van der Waals surface area contributed by atoms with E-state index in [-0.39, 0.29) is 29.1 Å². The number of esters is 1. The molecule has 4 rings (SSSR count). The maximum atomic E-state index is 12.7. The molecule has 1 aliphatic rings. The summed E-state index contributed by atoms with van der Waals surface area (Å²) in [6.07, 6.45) is 2.34. The molecule has 1 aromatic carbocycles. The van der Waals surface area contributed by atoms with E-state index in [2.05, 4.69) is 20.8 Å². The maximum Gasteiger partial charge on any atom is 0.343 e. The Morgan fingerprint density at radius 3 is 2.72 bits per heavy atom. The smallest absolute Gasteiger partial charge is 0.343 e. The molecule has 0 radical (unpaired) electrons. The Labute approximate surface area is 169 Å². The summed E-state index contributed by atoms with van der Waals surface area (Å²) in [7, 11) is 1.61. The van der Waals surface area contributed by atoms with Crippen molar-refractivity contribution >= 4 is 16.9 Å². The Morgan fingerprint density at radius 2 is 2.07 bits per heavy atom. The van der Waals surface area contributed by atoms with Crippen LogP contribution in [-0.2, 0) is 11.2 Å². The number of carbonyl (C=O) groups is 1. The van der Waals surface area contributed by atoms with Gasteiger partial charge in [0.25, 0.3) is 0 Å². The van der Waals surface area contributed by atoms with E-state index in [1.807, 2.05) is 22.8 Å². The lowest BCUT2D eigenvalue weighted by molar-refractivity contribution is 0.0523. The van der Waals surface area contributed by atoms with Crippen LogP contribution in [0.5, 0.6) is 5.75 Å². The fraction of sp³-hybridized carbons (Fsp3) is 0.391. The van der Waals surface area contributed by atoms with Crippen molar-refractivity contribution in [1.29, 1.82) is 0 Å². The van der Waals surface area contributed by atoms with Gasteiger partial charge in [-0.05, 0) is 24.8 Å². The third-order valence-corrected chi connectivity index (χ3v) is 5.54. The number of para-hydroxylation sites is 1. The Kier molecular flexibility index (Phi) is 4.52. The van der Waals surface area contributed by atoms with Gasteiger partial charge in [0.05, 0.1) is 19.4 Å². The van der Waals surface area contributed by atoms with Gasteiger partial charge in [0.1, 0.15) is 5.56 Å². The third kappa shape index (κ3) is 3.03. The first-order valence-electron chi connectivity index (χ1n) is 9.78. The lowest BCUT2D eigenvalue weighted by Gasteiger charge is -2.37. The third-order valence-electron chi connectivity index (χ3n) is 5.54. The molecule has 0 saturated carbocycles. The molecule has 0 spiro atoms. The molecule has 2 aromatic heterocycles. The first-order chi connectivity index (χ1) is 13.8. The molecule has 29 heavy (non-hydrogen) atoms. The van der Waals surface area contributed by atoms with Crippen LogP contribution in [-0.4, -0.2) is 24.3 Å². The number of benzene rings is 1. The number of ether oxygens (including phenoxy) is 2. The number of hydrogen-bond acceptors (Lipinski definition) is 5. The van der Waals surface area contributed by atoms with E-state index in [9.17, 15) is 9.59 Å². The summed E-state index contributed by atoms with van der Waals surface area (Å²) in [5, 5.41) is 0.988. The molecular formula is C23H25NO5. The number of pyridine rings is 1. The monoisotopic (exact) mass is 395 g/mol. The fourth-order valence-corrected chi connectivity index (χ4v) is 4.08. The van der Waals surface area contributed by atoms with Crippen molar-refractivity contribution < 1.29 is 18.7 Å². The summed E-state index contributed by atoms with van der Waals surface area (Å²) in [5.41, 5.74) is 1.95. The number of nitrogens with zero attached hydrogens (tertiary/aromatic N) is 1. The molecule has 3 aromatic rings. The normalized spacial score (nSPS) is 15.7. The standard InChI is InChI=1S/C23H25NO5/c1-6-28-22(26)15-12-24-16(11-17(15)25)20-14(10-19(24)23(2,3)4)13-8-7-9-18(27-5)21(13)29-20/h7-9,11-12,19H,6,10H2,1-5H3/t19-/m0/s1. The van der Waals surface area contributed by atoms with Crippen molar-refractivity contribution in [2.24, 2.45) is 5.41 Å². The molecule has 0 fully saturated rings. The van der Waals surface area contributed by atoms with Gasteiger partial charge in [-0.1, -0.05) is 32.9 Å². The van der Waals surface area contributed by atoms with Crippen molar-refractivity contribution in [3.05, 3.63) is 51.8 Å². The van der Waals surface area contributed by atoms with Gasteiger partial charge in [-0.2, -0.15) is 0 Å². The largest absolute Gasteiger partial charge is 0.493 e. The van der Waals surface area contributed by atoms with Crippen LogP contribution in [0.2, 0.25) is 0 Å². The molecule has 0 N–H and O–H groups in total. The van der Waals surface area contributed by atoms with Crippen molar-refractivity contribution in [1.82, 2.24) is 4.57 Å². The van der Waals surface area contributed by atoms with Gasteiger partial charge >= 0.3 is 5.97 Å². The van der Waals surface area contributed by atoms with E-state index in [0.29, 0.717) is 22.8 Å². The Morgan fingerprint density at radius 1 is 1.31 bits per heavy atom. The number of methoxy groups -OCH3 is 1. The van der Waals surface area contributed by atoms with Crippen LogP contribution in [0.1, 0.15) is 49.7 Å². The van der Waals surface area contributed by atoms with Crippen molar-refractivity contribution in [2.75, 3.05) is 13.7 Å². The highest BCUT2D eigenvalue weighted by atomic mass is 16.5. The average Bonchev–Trinajstić information content (AvgIpc) is 3.05. The van der Waals surface area contributed by atoms with E-state index < -0.39 is 5.97 Å². The first kappa shape index (κ1) is 19.3. The molecule has 3 heterocycles. The second kappa shape index (κ2) is 6.79. The Bertz CT molecular complexity index is 1160. The van der Waals surface area contributed by atoms with E-state index in [1.54, 1.807) is 20.2 Å². The molecule has 0 saturated heterocycles. The molecule has 0 unspecified atom stereocenters. The summed E-state index contributed by atoms with van der Waals surface area (Å²) in [4.78, 5) is 25.0. The number of carbonyl (C=O) groups excluding carboxylic acids is 1. The molecule has 1 atom stereocenters. The zero-order chi connectivity index (χ0) is 20.9. The Balaban J connectivity index is 2.02. The predicted molar refractivity (Wildman–Crippen MR) is 111 cm³/mol. The summed E-state index contributed by atoms with van der Waals surface area (Å²) in [6.45, 7) is 8.39.